The number of para-hydroxylation sites is 3. The average Bonchev–Trinajstić information content (AvgIpc) is 1.55. The zero-order chi connectivity index (χ0) is 86.3. The van der Waals surface area contributed by atoms with E-state index in [1.807, 2.05) is 23.5 Å². The normalized spacial score (nSPS) is 12.1. The molecule has 0 N–H and O–H groups in total. The first-order valence-corrected chi connectivity index (χ1v) is 46.2. The lowest BCUT2D eigenvalue weighted by atomic mass is 9.93. The zero-order valence-electron chi connectivity index (χ0n) is 71.5. The molecule has 0 radical (unpaired) electrons. The molecule has 5 aromatic heterocycles. The Labute approximate surface area is 763 Å². The molecule has 0 amide bonds. The molecule has 0 atom stereocenters. The summed E-state index contributed by atoms with van der Waals surface area (Å²) in [7, 11) is 0. The van der Waals surface area contributed by atoms with Gasteiger partial charge in [-0.3, -0.25) is 0 Å². The minimum Gasteiger partial charge on any atom is -0.455 e. The lowest BCUT2D eigenvalue weighted by Gasteiger charge is -2.26. The second-order valence-electron chi connectivity index (χ2n) is 35.1. The highest BCUT2D eigenvalue weighted by Crippen LogP contribution is 2.55. The van der Waals surface area contributed by atoms with Crippen LogP contribution < -0.4 is 4.90 Å². The number of thiophene rings is 1. The van der Waals surface area contributed by atoms with Crippen molar-refractivity contribution >= 4 is 168 Å². The van der Waals surface area contributed by atoms with Gasteiger partial charge in [-0.2, -0.15) is 0 Å². The fourth-order valence-corrected chi connectivity index (χ4v) is 23.9. The fourth-order valence-electron chi connectivity index (χ4n) is 22.6. The SMILES string of the molecule is c1cc(-c2cccc3c2oc2ccccc23)cc(-n2c3cccc4c3c3c5c(cccc5ccc32)-c2ccccc2-4)c1.c1cc(-c2cccc3c2sc2ccccc23)cc(-n2c3cccc4c3c3c5c(cccc5ccc32)-c2ccccc2-4)c1.c1ccc(-c2ccc(N(c3ccccc3)c3cccc(-n4c5cccc6c5c5c7c(cccc7ccc54)-c4ccccc4-6)c3)cc2)cc1. The molecular formula is C126H76N4OS. The molecule has 0 fully saturated rings. The highest BCUT2D eigenvalue weighted by atomic mass is 32.1. The lowest BCUT2D eigenvalue weighted by Crippen LogP contribution is -2.10. The number of furan rings is 1. The van der Waals surface area contributed by atoms with E-state index in [1.54, 1.807) is 0 Å². The van der Waals surface area contributed by atoms with Crippen molar-refractivity contribution in [1.82, 2.24) is 13.7 Å². The van der Waals surface area contributed by atoms with E-state index < -0.39 is 0 Å². The Balaban J connectivity index is 0.0000000993. The molecule has 0 bridgehead atoms. The van der Waals surface area contributed by atoms with Crippen LogP contribution in [0.2, 0.25) is 0 Å². The Morgan fingerprint density at radius 2 is 0.523 bits per heavy atom. The number of nitrogens with zero attached hydrogens (tertiary/aromatic N) is 4. The largest absolute Gasteiger partial charge is 0.455 e. The first-order chi connectivity index (χ1) is 65.5. The molecule has 22 aromatic carbocycles. The smallest absolute Gasteiger partial charge is 0.143 e. The van der Waals surface area contributed by atoms with Crippen LogP contribution in [0.1, 0.15) is 0 Å². The molecule has 0 spiro atoms. The average molecular weight is 1690 g/mol. The van der Waals surface area contributed by atoms with Gasteiger partial charge in [-0.05, 0) is 242 Å². The first-order valence-electron chi connectivity index (χ1n) is 45.4. The summed E-state index contributed by atoms with van der Waals surface area (Å²) in [4.78, 5) is 2.35. The predicted octanol–water partition coefficient (Wildman–Crippen LogP) is 35.5. The van der Waals surface area contributed by atoms with Crippen LogP contribution in [0.4, 0.5) is 17.1 Å². The molecule has 612 valence electrons. The molecule has 3 aliphatic carbocycles. The molecule has 3 aliphatic rings. The summed E-state index contributed by atoms with van der Waals surface area (Å²) in [5.41, 5.74) is 38.8. The summed E-state index contributed by atoms with van der Waals surface area (Å²) in [6.45, 7) is 0. The Morgan fingerprint density at radius 3 is 1.03 bits per heavy atom. The molecule has 5 nitrogen and oxygen atoms in total. The van der Waals surface area contributed by atoms with Crippen LogP contribution in [0.5, 0.6) is 0 Å². The fraction of sp³-hybridized carbons (Fsp3) is 0. The maximum absolute atomic E-state index is 6.42. The van der Waals surface area contributed by atoms with Gasteiger partial charge in [-0.15, -0.1) is 11.3 Å². The van der Waals surface area contributed by atoms with E-state index in [0.717, 1.165) is 61.5 Å². The van der Waals surface area contributed by atoms with Crippen molar-refractivity contribution in [3.8, 4) is 117 Å². The van der Waals surface area contributed by atoms with Gasteiger partial charge in [0.15, 0.2) is 0 Å². The second kappa shape index (κ2) is 29.2. The molecular weight excluding hydrogens is 1620 g/mol. The predicted molar refractivity (Wildman–Crippen MR) is 559 cm³/mol. The number of aromatic nitrogens is 3. The molecule has 30 rings (SSSR count). The topological polar surface area (TPSA) is 31.2 Å². The van der Waals surface area contributed by atoms with Crippen molar-refractivity contribution in [3.05, 3.63) is 461 Å². The van der Waals surface area contributed by atoms with Crippen molar-refractivity contribution in [2.45, 2.75) is 0 Å². The van der Waals surface area contributed by atoms with E-state index in [0.29, 0.717) is 0 Å². The van der Waals surface area contributed by atoms with E-state index in [2.05, 4.69) is 468 Å². The molecule has 6 heteroatoms. The van der Waals surface area contributed by atoms with Crippen LogP contribution in [-0.2, 0) is 0 Å². The molecule has 0 saturated carbocycles. The third-order valence-electron chi connectivity index (χ3n) is 28.1. The Morgan fingerprint density at radius 1 is 0.189 bits per heavy atom. The minimum absolute atomic E-state index is 0.920. The number of rotatable bonds is 9. The second-order valence-corrected chi connectivity index (χ2v) is 36.1. The zero-order valence-corrected chi connectivity index (χ0v) is 72.3. The van der Waals surface area contributed by atoms with Gasteiger partial charge in [0.2, 0.25) is 0 Å². The summed E-state index contributed by atoms with van der Waals surface area (Å²) in [5, 5.41) is 20.8. The van der Waals surface area contributed by atoms with Crippen molar-refractivity contribution in [2.24, 2.45) is 0 Å². The summed E-state index contributed by atoms with van der Waals surface area (Å²) in [6, 6.07) is 168. The Bertz CT molecular complexity index is 9190. The maximum Gasteiger partial charge on any atom is 0.143 e. The van der Waals surface area contributed by atoms with E-state index >= 15 is 0 Å². The molecule has 132 heavy (non-hydrogen) atoms. The van der Waals surface area contributed by atoms with Gasteiger partial charge in [0.25, 0.3) is 0 Å². The molecule has 0 saturated heterocycles. The summed E-state index contributed by atoms with van der Waals surface area (Å²) >= 11 is 1.89. The monoisotopic (exact) mass is 1690 g/mol. The van der Waals surface area contributed by atoms with Gasteiger partial charge in [-0.1, -0.05) is 346 Å². The third kappa shape index (κ3) is 11.1. The van der Waals surface area contributed by atoms with Crippen LogP contribution >= 0.6 is 11.3 Å². The quantitative estimate of drug-likeness (QED) is 0.144. The number of hydrogen-bond acceptors (Lipinski definition) is 3. The highest BCUT2D eigenvalue weighted by molar-refractivity contribution is 7.26. The van der Waals surface area contributed by atoms with Crippen molar-refractivity contribution in [2.75, 3.05) is 4.90 Å². The van der Waals surface area contributed by atoms with Crippen LogP contribution in [0, 0.1) is 0 Å². The van der Waals surface area contributed by atoms with Crippen LogP contribution in [0.3, 0.4) is 0 Å². The van der Waals surface area contributed by atoms with Gasteiger partial charge in [0.05, 0.1) is 33.1 Å². The molecule has 5 heterocycles. The number of benzene rings is 22. The summed E-state index contributed by atoms with van der Waals surface area (Å²) < 4.78 is 16.5. The molecule has 0 unspecified atom stereocenters. The van der Waals surface area contributed by atoms with Crippen molar-refractivity contribution < 1.29 is 4.42 Å². The van der Waals surface area contributed by atoms with E-state index in [4.69, 9.17) is 4.42 Å². The standard InChI is InChI=1S/C46H30N2.C40H23NO.C40H23NS/c1-3-12-31(13-4-1)32-24-27-35(28-25-32)47(34-15-5-2-6-16-34)36-17-10-18-37(30-36)48-42-23-11-22-41-39-20-8-7-19-38(39)40-21-9-14-33-26-29-43(48)46(44(33)40)45(41)42;2*1-2-13-29-28(12-1)31-16-6-9-24-21-22-35-39(37(24)31)38-32(29)17-8-19-34(38)41(35)26-11-5-10-25(23-26)27-15-7-18-33-30-14-3-4-20-36(30)42-40(27)33/h1-30H;2*1-23H. The van der Waals surface area contributed by atoms with E-state index in [1.165, 1.54) is 213 Å². The van der Waals surface area contributed by atoms with Crippen molar-refractivity contribution in [1.29, 1.82) is 0 Å². The summed E-state index contributed by atoms with van der Waals surface area (Å²) in [6.07, 6.45) is 0. The Hall–Kier alpha value is -17.2. The van der Waals surface area contributed by atoms with Gasteiger partial charge in [0, 0.05) is 103 Å². The number of hydrogen-bond donors (Lipinski definition) is 0. The van der Waals surface area contributed by atoms with Gasteiger partial charge >= 0.3 is 0 Å². The van der Waals surface area contributed by atoms with Gasteiger partial charge < -0.3 is 23.0 Å². The summed E-state index contributed by atoms with van der Waals surface area (Å²) in [5.74, 6) is 0. The van der Waals surface area contributed by atoms with Crippen LogP contribution in [0.15, 0.2) is 465 Å². The first kappa shape index (κ1) is 74.0. The lowest BCUT2D eigenvalue weighted by molar-refractivity contribution is 0.670. The molecule has 27 aromatic rings. The number of fused-ring (bicyclic) bond motifs is 15. The molecule has 0 aliphatic heterocycles. The highest BCUT2D eigenvalue weighted by Gasteiger charge is 2.31. The minimum atomic E-state index is 0.920. The van der Waals surface area contributed by atoms with Crippen molar-refractivity contribution in [3.63, 3.8) is 0 Å². The number of anilines is 3. The van der Waals surface area contributed by atoms with Crippen LogP contribution in [0.25, 0.3) is 257 Å². The van der Waals surface area contributed by atoms with Crippen LogP contribution in [-0.4, -0.2) is 13.7 Å². The third-order valence-corrected chi connectivity index (χ3v) is 29.4. The van der Waals surface area contributed by atoms with Gasteiger partial charge in [-0.25, -0.2) is 0 Å². The van der Waals surface area contributed by atoms with Gasteiger partial charge in [0.1, 0.15) is 11.2 Å². The van der Waals surface area contributed by atoms with E-state index in [-0.39, 0.29) is 0 Å². The van der Waals surface area contributed by atoms with E-state index in [9.17, 15) is 0 Å². The maximum atomic E-state index is 6.42. The Kier molecular flexibility index (Phi) is 16.4.